The molecule has 18 heavy (non-hydrogen) atoms. The first-order chi connectivity index (χ1) is 8.66. The molecule has 0 saturated carbocycles. The first-order valence-corrected chi connectivity index (χ1v) is 7.43. The molecule has 3 atom stereocenters. The van der Waals surface area contributed by atoms with Gasteiger partial charge >= 0.3 is 0 Å². The molecule has 2 aliphatic rings. The average Bonchev–Trinajstić information content (AvgIpc) is 2.84. The monoisotopic (exact) mass is 255 g/mol. The molecule has 0 aliphatic carbocycles. The molecule has 2 heterocycles. The van der Waals surface area contributed by atoms with Gasteiger partial charge in [-0.1, -0.05) is 0 Å². The second kappa shape index (κ2) is 6.85. The smallest absolute Gasteiger partial charge is 0.0700 e. The van der Waals surface area contributed by atoms with Crippen molar-refractivity contribution < 1.29 is 4.74 Å². The van der Waals surface area contributed by atoms with E-state index in [2.05, 4.69) is 36.0 Å². The van der Waals surface area contributed by atoms with E-state index in [1.165, 1.54) is 25.9 Å². The van der Waals surface area contributed by atoms with Gasteiger partial charge < -0.3 is 10.1 Å². The number of rotatable bonds is 5. The zero-order chi connectivity index (χ0) is 13.0. The van der Waals surface area contributed by atoms with Crippen LogP contribution in [0.2, 0.25) is 0 Å². The molecule has 0 amide bonds. The number of hydrogen-bond donors (Lipinski definition) is 1. The van der Waals surface area contributed by atoms with Gasteiger partial charge in [0.1, 0.15) is 0 Å². The van der Waals surface area contributed by atoms with Gasteiger partial charge in [0.05, 0.1) is 6.10 Å². The molecule has 2 rings (SSSR count). The molecule has 0 spiro atoms. The van der Waals surface area contributed by atoms with Crippen molar-refractivity contribution in [2.75, 3.05) is 46.4 Å². The minimum absolute atomic E-state index is 0.468. The summed E-state index contributed by atoms with van der Waals surface area (Å²) in [7, 11) is 2.24. The standard InChI is InChI=1S/C14H29N3O/c1-12-10-17(11-13(2)16(12)3)7-6-15-9-14-5-4-8-18-14/h12-15H,4-11H2,1-3H3. The van der Waals surface area contributed by atoms with Crippen molar-refractivity contribution in [2.45, 2.75) is 44.9 Å². The zero-order valence-corrected chi connectivity index (χ0v) is 12.2. The van der Waals surface area contributed by atoms with Gasteiger partial charge in [-0.2, -0.15) is 0 Å². The maximum atomic E-state index is 5.61. The summed E-state index contributed by atoms with van der Waals surface area (Å²) in [5.41, 5.74) is 0. The Morgan fingerprint density at radius 1 is 1.22 bits per heavy atom. The molecule has 0 bridgehead atoms. The molecule has 4 heteroatoms. The molecule has 2 saturated heterocycles. The van der Waals surface area contributed by atoms with Gasteiger partial charge in [0.25, 0.3) is 0 Å². The molecule has 0 aromatic heterocycles. The van der Waals surface area contributed by atoms with E-state index in [-0.39, 0.29) is 0 Å². The Kier molecular flexibility index (Phi) is 5.42. The van der Waals surface area contributed by atoms with E-state index >= 15 is 0 Å². The lowest BCUT2D eigenvalue weighted by Gasteiger charge is -2.42. The van der Waals surface area contributed by atoms with Gasteiger partial charge in [-0.15, -0.1) is 0 Å². The first-order valence-electron chi connectivity index (χ1n) is 7.43. The van der Waals surface area contributed by atoms with Crippen LogP contribution < -0.4 is 5.32 Å². The Labute approximate surface area is 112 Å². The Morgan fingerprint density at radius 2 is 1.94 bits per heavy atom. The third-order valence-electron chi connectivity index (χ3n) is 4.44. The van der Waals surface area contributed by atoms with Crippen LogP contribution in [-0.2, 0) is 4.74 Å². The van der Waals surface area contributed by atoms with Crippen molar-refractivity contribution in [3.63, 3.8) is 0 Å². The Hall–Kier alpha value is -0.160. The fourth-order valence-electron chi connectivity index (χ4n) is 3.00. The van der Waals surface area contributed by atoms with E-state index in [0.29, 0.717) is 18.2 Å². The fourth-order valence-corrected chi connectivity index (χ4v) is 3.00. The van der Waals surface area contributed by atoms with Crippen LogP contribution in [0, 0.1) is 0 Å². The number of piperazine rings is 1. The van der Waals surface area contributed by atoms with Crippen LogP contribution in [0.25, 0.3) is 0 Å². The number of likely N-dealkylation sites (N-methyl/N-ethyl adjacent to an activating group) is 1. The van der Waals surface area contributed by atoms with Crippen LogP contribution in [0.4, 0.5) is 0 Å². The highest BCUT2D eigenvalue weighted by Gasteiger charge is 2.25. The third-order valence-corrected chi connectivity index (χ3v) is 4.44. The molecule has 0 radical (unpaired) electrons. The molecule has 3 unspecified atom stereocenters. The molecule has 1 N–H and O–H groups in total. The summed E-state index contributed by atoms with van der Waals surface area (Å²) in [5, 5.41) is 3.54. The van der Waals surface area contributed by atoms with Crippen LogP contribution in [0.3, 0.4) is 0 Å². The van der Waals surface area contributed by atoms with Crippen molar-refractivity contribution in [1.29, 1.82) is 0 Å². The van der Waals surface area contributed by atoms with Crippen molar-refractivity contribution in [1.82, 2.24) is 15.1 Å². The average molecular weight is 255 g/mol. The van der Waals surface area contributed by atoms with Crippen LogP contribution in [0.5, 0.6) is 0 Å². The van der Waals surface area contributed by atoms with Gasteiger partial charge in [0.2, 0.25) is 0 Å². The van der Waals surface area contributed by atoms with E-state index < -0.39 is 0 Å². The summed E-state index contributed by atoms with van der Waals surface area (Å²) in [6.45, 7) is 11.3. The van der Waals surface area contributed by atoms with Crippen molar-refractivity contribution in [2.24, 2.45) is 0 Å². The van der Waals surface area contributed by atoms with E-state index in [0.717, 1.165) is 26.2 Å². The highest BCUT2D eigenvalue weighted by molar-refractivity contribution is 4.82. The van der Waals surface area contributed by atoms with Crippen LogP contribution in [-0.4, -0.2) is 74.4 Å². The molecule has 2 fully saturated rings. The molecule has 2 aliphatic heterocycles. The summed E-state index contributed by atoms with van der Waals surface area (Å²) < 4.78 is 5.61. The number of nitrogens with one attached hydrogen (secondary N) is 1. The third kappa shape index (κ3) is 3.92. The second-order valence-corrected chi connectivity index (χ2v) is 5.96. The second-order valence-electron chi connectivity index (χ2n) is 5.96. The van der Waals surface area contributed by atoms with Gasteiger partial charge in [-0.3, -0.25) is 9.80 Å². The fraction of sp³-hybridized carbons (Fsp3) is 1.00. The first kappa shape index (κ1) is 14.3. The molecular formula is C14H29N3O. The van der Waals surface area contributed by atoms with Crippen LogP contribution >= 0.6 is 0 Å². The number of hydrogen-bond acceptors (Lipinski definition) is 4. The predicted molar refractivity (Wildman–Crippen MR) is 75.0 cm³/mol. The lowest BCUT2D eigenvalue weighted by atomic mass is 10.1. The topological polar surface area (TPSA) is 27.7 Å². The van der Waals surface area contributed by atoms with Crippen molar-refractivity contribution in [3.05, 3.63) is 0 Å². The Morgan fingerprint density at radius 3 is 2.56 bits per heavy atom. The van der Waals surface area contributed by atoms with Crippen LogP contribution in [0.15, 0.2) is 0 Å². The molecule has 106 valence electrons. The minimum Gasteiger partial charge on any atom is -0.377 e. The molecule has 0 aromatic carbocycles. The Bertz CT molecular complexity index is 231. The summed E-state index contributed by atoms with van der Waals surface area (Å²) >= 11 is 0. The van der Waals surface area contributed by atoms with Crippen LogP contribution in [0.1, 0.15) is 26.7 Å². The highest BCUT2D eigenvalue weighted by atomic mass is 16.5. The molecular weight excluding hydrogens is 226 g/mol. The highest BCUT2D eigenvalue weighted by Crippen LogP contribution is 2.13. The number of nitrogens with zero attached hydrogens (tertiary/aromatic N) is 2. The largest absolute Gasteiger partial charge is 0.377 e. The quantitative estimate of drug-likeness (QED) is 0.735. The maximum Gasteiger partial charge on any atom is 0.0700 e. The minimum atomic E-state index is 0.468. The summed E-state index contributed by atoms with van der Waals surface area (Å²) in [5.74, 6) is 0. The Balaban J connectivity index is 1.58. The number of ether oxygens (including phenoxy) is 1. The van der Waals surface area contributed by atoms with Gasteiger partial charge in [-0.25, -0.2) is 0 Å². The summed E-state index contributed by atoms with van der Waals surface area (Å²) in [6, 6.07) is 1.35. The maximum absolute atomic E-state index is 5.61. The van der Waals surface area contributed by atoms with Crippen molar-refractivity contribution in [3.8, 4) is 0 Å². The van der Waals surface area contributed by atoms with E-state index in [1.807, 2.05) is 0 Å². The van der Waals surface area contributed by atoms with Gasteiger partial charge in [0.15, 0.2) is 0 Å². The summed E-state index contributed by atoms with van der Waals surface area (Å²) in [6.07, 6.45) is 2.94. The summed E-state index contributed by atoms with van der Waals surface area (Å²) in [4.78, 5) is 5.06. The predicted octanol–water partition coefficient (Wildman–Crippen LogP) is 0.779. The lowest BCUT2D eigenvalue weighted by molar-refractivity contribution is 0.0594. The van der Waals surface area contributed by atoms with E-state index in [4.69, 9.17) is 4.74 Å². The molecule has 0 aromatic rings. The molecule has 4 nitrogen and oxygen atoms in total. The van der Waals surface area contributed by atoms with Gasteiger partial charge in [-0.05, 0) is 33.7 Å². The van der Waals surface area contributed by atoms with Gasteiger partial charge in [0, 0.05) is 51.4 Å². The van der Waals surface area contributed by atoms with E-state index in [1.54, 1.807) is 0 Å². The van der Waals surface area contributed by atoms with E-state index in [9.17, 15) is 0 Å². The lowest BCUT2D eigenvalue weighted by Crippen LogP contribution is -2.55. The van der Waals surface area contributed by atoms with Crippen molar-refractivity contribution >= 4 is 0 Å². The normalized spacial score (nSPS) is 35.2. The zero-order valence-electron chi connectivity index (χ0n) is 12.2. The SMILES string of the molecule is CC1CN(CCNCC2CCCO2)CC(C)N1C.